The minimum atomic E-state index is 0.715. The minimum absolute atomic E-state index is 0.715. The van der Waals surface area contributed by atoms with Crippen molar-refractivity contribution < 1.29 is 9.47 Å². The van der Waals surface area contributed by atoms with Crippen LogP contribution in [0.5, 0.6) is 11.5 Å². The molecular weight excluding hydrogens is 664 g/mol. The number of hydrogen-bond acceptors (Lipinski definition) is 4. The summed E-state index contributed by atoms with van der Waals surface area (Å²) in [6.45, 7) is 5.91. The number of rotatable bonds is 16. The van der Waals surface area contributed by atoms with Crippen LogP contribution in [0.1, 0.15) is 86.1 Å². The Labute approximate surface area is 264 Å². The van der Waals surface area contributed by atoms with Crippen molar-refractivity contribution in [2.24, 2.45) is 0 Å². The highest BCUT2D eigenvalue weighted by atomic mass is 79.9. The van der Waals surface area contributed by atoms with Crippen LogP contribution < -0.4 is 9.47 Å². The average molecular weight is 703 g/mol. The third-order valence-electron chi connectivity index (χ3n) is 6.69. The molecule has 0 spiro atoms. The largest absolute Gasteiger partial charge is 0.492 e. The highest BCUT2D eigenvalue weighted by Crippen LogP contribution is 2.40. The third kappa shape index (κ3) is 9.07. The molecule has 40 heavy (non-hydrogen) atoms. The summed E-state index contributed by atoms with van der Waals surface area (Å²) in [5, 5.41) is 2.20. The number of thiophene rings is 2. The first-order valence-electron chi connectivity index (χ1n) is 14.3. The molecule has 212 valence electrons. The summed E-state index contributed by atoms with van der Waals surface area (Å²) in [5.74, 6) is 1.88. The normalized spacial score (nSPS) is 11.8. The Bertz CT molecular complexity index is 1310. The molecule has 0 aliphatic heterocycles. The van der Waals surface area contributed by atoms with E-state index < -0.39 is 0 Å². The Morgan fingerprint density at radius 3 is 1.38 bits per heavy atom. The predicted molar refractivity (Wildman–Crippen MR) is 185 cm³/mol. The molecule has 0 saturated heterocycles. The van der Waals surface area contributed by atoms with E-state index in [0.717, 1.165) is 53.8 Å². The van der Waals surface area contributed by atoms with Crippen molar-refractivity contribution in [2.75, 3.05) is 13.2 Å². The zero-order valence-electron chi connectivity index (χ0n) is 23.4. The zero-order chi connectivity index (χ0) is 28.2. The van der Waals surface area contributed by atoms with Gasteiger partial charge in [-0.3, -0.25) is 0 Å². The van der Waals surface area contributed by atoms with Crippen molar-refractivity contribution >= 4 is 89.6 Å². The number of halogens is 2. The van der Waals surface area contributed by atoms with Crippen LogP contribution in [0.15, 0.2) is 56.1 Å². The Morgan fingerprint density at radius 2 is 1.00 bits per heavy atom. The number of fused-ring (bicyclic) bond motifs is 1. The standard InChI is InChI=1S/C34H38Br2O2S2/c1-3-5-7-9-23-37-33-25(11-15-27-17-21-31(35)39-27)13-20-30-29(33)19-14-26(12-16-28-18-22-32(36)40-28)34(30)38-24-10-8-6-4-2/h11-22H,3-10,23-24H2,1-2H3/b15-11+,16-12+. The summed E-state index contributed by atoms with van der Waals surface area (Å²) in [4.78, 5) is 2.41. The van der Waals surface area contributed by atoms with Crippen LogP contribution in [-0.2, 0) is 0 Å². The molecular formula is C34H38Br2O2S2. The molecule has 2 nitrogen and oxygen atoms in total. The van der Waals surface area contributed by atoms with Gasteiger partial charge in [0.15, 0.2) is 0 Å². The van der Waals surface area contributed by atoms with E-state index in [0.29, 0.717) is 13.2 Å². The zero-order valence-corrected chi connectivity index (χ0v) is 28.2. The molecule has 0 N–H and O–H groups in total. The Morgan fingerprint density at radius 1 is 0.550 bits per heavy atom. The second kappa shape index (κ2) is 16.5. The maximum absolute atomic E-state index is 6.54. The van der Waals surface area contributed by atoms with Gasteiger partial charge in [0, 0.05) is 31.7 Å². The molecule has 0 bridgehead atoms. The molecule has 0 atom stereocenters. The number of benzene rings is 2. The van der Waals surface area contributed by atoms with Crippen molar-refractivity contribution in [3.05, 3.63) is 77.0 Å². The van der Waals surface area contributed by atoms with E-state index in [-0.39, 0.29) is 0 Å². The SMILES string of the molecule is CCCCCCOc1c(/C=C/c2ccc(Br)s2)ccc2c(OCCCCCC)c(/C=C/c3ccc(Br)s3)ccc12. The van der Waals surface area contributed by atoms with Gasteiger partial charge < -0.3 is 9.47 Å². The van der Waals surface area contributed by atoms with Crippen molar-refractivity contribution in [3.8, 4) is 11.5 Å². The van der Waals surface area contributed by atoms with Crippen molar-refractivity contribution in [1.29, 1.82) is 0 Å². The molecule has 0 saturated carbocycles. The molecule has 2 aromatic carbocycles. The van der Waals surface area contributed by atoms with Gasteiger partial charge in [0.05, 0.1) is 20.8 Å². The molecule has 0 aliphatic carbocycles. The van der Waals surface area contributed by atoms with Gasteiger partial charge in [-0.15, -0.1) is 22.7 Å². The molecule has 6 heteroatoms. The summed E-state index contributed by atoms with van der Waals surface area (Å²) in [6, 6.07) is 17.2. The van der Waals surface area contributed by atoms with Gasteiger partial charge in [-0.1, -0.05) is 64.5 Å². The Hall–Kier alpha value is -1.86. The van der Waals surface area contributed by atoms with Crippen LogP contribution in [0.25, 0.3) is 35.1 Å². The summed E-state index contributed by atoms with van der Waals surface area (Å²) in [7, 11) is 0. The van der Waals surface area contributed by atoms with Gasteiger partial charge in [0.2, 0.25) is 0 Å². The van der Waals surface area contributed by atoms with Gasteiger partial charge in [-0.2, -0.15) is 0 Å². The molecule has 0 amide bonds. The van der Waals surface area contributed by atoms with E-state index in [1.165, 1.54) is 48.3 Å². The maximum Gasteiger partial charge on any atom is 0.134 e. The predicted octanol–water partition coefficient (Wildman–Crippen LogP) is 12.7. The lowest BCUT2D eigenvalue weighted by molar-refractivity contribution is 0.305. The molecule has 2 heterocycles. The van der Waals surface area contributed by atoms with Crippen LogP contribution in [0, 0.1) is 0 Å². The molecule has 0 aliphatic rings. The fourth-order valence-corrected chi connectivity index (χ4v) is 7.21. The monoisotopic (exact) mass is 700 g/mol. The van der Waals surface area contributed by atoms with Crippen LogP contribution in [0.2, 0.25) is 0 Å². The first kappa shape index (κ1) is 31.1. The molecule has 4 rings (SSSR count). The first-order chi connectivity index (χ1) is 19.6. The lowest BCUT2D eigenvalue weighted by Crippen LogP contribution is -2.02. The lowest BCUT2D eigenvalue weighted by atomic mass is 10.0. The summed E-state index contributed by atoms with van der Waals surface area (Å²) < 4.78 is 15.3. The molecule has 0 fully saturated rings. The van der Waals surface area contributed by atoms with Gasteiger partial charge in [-0.25, -0.2) is 0 Å². The van der Waals surface area contributed by atoms with E-state index >= 15 is 0 Å². The van der Waals surface area contributed by atoms with Crippen LogP contribution >= 0.6 is 54.5 Å². The number of unbranched alkanes of at least 4 members (excludes halogenated alkanes) is 6. The number of hydrogen-bond donors (Lipinski definition) is 0. The van der Waals surface area contributed by atoms with Gasteiger partial charge in [0.1, 0.15) is 11.5 Å². The van der Waals surface area contributed by atoms with E-state index in [1.54, 1.807) is 22.7 Å². The fraction of sp³-hybridized carbons (Fsp3) is 0.353. The second-order valence-electron chi connectivity index (χ2n) is 9.83. The first-order valence-corrected chi connectivity index (χ1v) is 17.5. The number of ether oxygens (including phenoxy) is 2. The Balaban J connectivity index is 1.71. The van der Waals surface area contributed by atoms with Crippen molar-refractivity contribution in [1.82, 2.24) is 0 Å². The van der Waals surface area contributed by atoms with E-state index in [4.69, 9.17) is 9.47 Å². The molecule has 4 aromatic rings. The molecule has 0 radical (unpaired) electrons. The van der Waals surface area contributed by atoms with Gasteiger partial charge in [0.25, 0.3) is 0 Å². The summed E-state index contributed by atoms with van der Waals surface area (Å²) >= 11 is 10.6. The average Bonchev–Trinajstić information content (AvgIpc) is 3.58. The smallest absolute Gasteiger partial charge is 0.134 e. The van der Waals surface area contributed by atoms with Crippen molar-refractivity contribution in [2.45, 2.75) is 65.2 Å². The van der Waals surface area contributed by atoms with Gasteiger partial charge in [-0.05, 0) is 105 Å². The highest BCUT2D eigenvalue weighted by molar-refractivity contribution is 9.11. The van der Waals surface area contributed by atoms with Crippen LogP contribution in [-0.4, -0.2) is 13.2 Å². The Kier molecular flexibility index (Phi) is 12.9. The van der Waals surface area contributed by atoms with E-state index in [2.05, 4.69) is 119 Å². The maximum atomic E-state index is 6.54. The lowest BCUT2D eigenvalue weighted by Gasteiger charge is -2.17. The van der Waals surface area contributed by atoms with Gasteiger partial charge >= 0.3 is 0 Å². The highest BCUT2D eigenvalue weighted by Gasteiger charge is 2.14. The van der Waals surface area contributed by atoms with Crippen LogP contribution in [0.4, 0.5) is 0 Å². The summed E-state index contributed by atoms with van der Waals surface area (Å²) in [5.41, 5.74) is 2.18. The summed E-state index contributed by atoms with van der Waals surface area (Å²) in [6.07, 6.45) is 18.1. The van der Waals surface area contributed by atoms with Crippen molar-refractivity contribution in [3.63, 3.8) is 0 Å². The second-order valence-corrected chi connectivity index (χ2v) is 14.8. The minimum Gasteiger partial charge on any atom is -0.492 e. The third-order valence-corrected chi connectivity index (χ3v) is 9.87. The van der Waals surface area contributed by atoms with Crippen LogP contribution in [0.3, 0.4) is 0 Å². The molecule has 0 unspecified atom stereocenters. The fourth-order valence-electron chi connectivity index (χ4n) is 4.55. The quantitative estimate of drug-likeness (QED) is 0.108. The van der Waals surface area contributed by atoms with E-state index in [9.17, 15) is 0 Å². The van der Waals surface area contributed by atoms with E-state index in [1.807, 2.05) is 0 Å². The molecule has 2 aromatic heterocycles. The topological polar surface area (TPSA) is 18.5 Å².